The standard InChI is InChI=1S/C12H13N5/c1-9(14-2)10-4-3-5-16-12(10)17-7-6-15-11(17)8-13/h3-7,9,14H,1-2H3. The minimum atomic E-state index is 0.160. The van der Waals surface area contributed by atoms with Gasteiger partial charge in [0.1, 0.15) is 11.9 Å². The van der Waals surface area contributed by atoms with E-state index >= 15 is 0 Å². The zero-order valence-electron chi connectivity index (χ0n) is 9.75. The van der Waals surface area contributed by atoms with E-state index in [-0.39, 0.29) is 6.04 Å². The van der Waals surface area contributed by atoms with Gasteiger partial charge in [-0.3, -0.25) is 4.57 Å². The molecule has 0 saturated heterocycles. The average Bonchev–Trinajstić information content (AvgIpc) is 2.86. The van der Waals surface area contributed by atoms with Crippen LogP contribution in [-0.2, 0) is 0 Å². The number of aromatic nitrogens is 3. The summed E-state index contributed by atoms with van der Waals surface area (Å²) in [6.07, 6.45) is 5.05. The predicted octanol–water partition coefficient (Wildman–Crippen LogP) is 1.42. The van der Waals surface area contributed by atoms with Crippen LogP contribution in [0.3, 0.4) is 0 Å². The molecule has 0 fully saturated rings. The normalized spacial score (nSPS) is 12.1. The minimum absolute atomic E-state index is 0.160. The first kappa shape index (κ1) is 11.3. The molecule has 2 rings (SSSR count). The second kappa shape index (κ2) is 4.76. The third-order valence-corrected chi connectivity index (χ3v) is 2.69. The van der Waals surface area contributed by atoms with Gasteiger partial charge in [-0.05, 0) is 20.0 Å². The van der Waals surface area contributed by atoms with E-state index in [4.69, 9.17) is 5.26 Å². The Morgan fingerprint density at radius 1 is 1.41 bits per heavy atom. The van der Waals surface area contributed by atoms with Crippen molar-refractivity contribution >= 4 is 0 Å². The van der Waals surface area contributed by atoms with Crippen molar-refractivity contribution in [3.05, 3.63) is 42.1 Å². The second-order valence-electron chi connectivity index (χ2n) is 3.66. The summed E-state index contributed by atoms with van der Waals surface area (Å²) in [6.45, 7) is 2.05. The quantitative estimate of drug-likeness (QED) is 0.861. The molecular formula is C12H13N5. The number of rotatable bonds is 3. The third kappa shape index (κ3) is 2.03. The number of nitriles is 1. The van der Waals surface area contributed by atoms with E-state index in [0.717, 1.165) is 11.4 Å². The van der Waals surface area contributed by atoms with Crippen molar-refractivity contribution in [2.45, 2.75) is 13.0 Å². The fourth-order valence-electron chi connectivity index (χ4n) is 1.66. The lowest BCUT2D eigenvalue weighted by Gasteiger charge is -2.15. The molecule has 2 aromatic rings. The molecule has 1 atom stereocenters. The molecule has 1 unspecified atom stereocenters. The van der Waals surface area contributed by atoms with Crippen LogP contribution in [0.25, 0.3) is 5.82 Å². The first-order chi connectivity index (χ1) is 8.27. The number of hydrogen-bond donors (Lipinski definition) is 1. The van der Waals surface area contributed by atoms with Crippen LogP contribution in [0.1, 0.15) is 24.4 Å². The molecule has 5 heteroatoms. The van der Waals surface area contributed by atoms with Crippen LogP contribution in [0.15, 0.2) is 30.7 Å². The van der Waals surface area contributed by atoms with Crippen molar-refractivity contribution in [3.63, 3.8) is 0 Å². The molecule has 2 aromatic heterocycles. The molecule has 17 heavy (non-hydrogen) atoms. The van der Waals surface area contributed by atoms with Crippen molar-refractivity contribution < 1.29 is 0 Å². The maximum atomic E-state index is 8.98. The Balaban J connectivity index is 2.57. The number of nitrogens with one attached hydrogen (secondary N) is 1. The van der Waals surface area contributed by atoms with Crippen LogP contribution < -0.4 is 5.32 Å². The van der Waals surface area contributed by atoms with Gasteiger partial charge in [-0.25, -0.2) is 9.97 Å². The van der Waals surface area contributed by atoms with Crippen molar-refractivity contribution in [3.8, 4) is 11.9 Å². The molecule has 0 radical (unpaired) electrons. The van der Waals surface area contributed by atoms with E-state index in [9.17, 15) is 0 Å². The van der Waals surface area contributed by atoms with E-state index in [1.165, 1.54) is 0 Å². The highest BCUT2D eigenvalue weighted by Crippen LogP contribution is 2.19. The Morgan fingerprint density at radius 2 is 2.24 bits per heavy atom. The Bertz CT molecular complexity index is 552. The van der Waals surface area contributed by atoms with Crippen molar-refractivity contribution in [2.24, 2.45) is 0 Å². The van der Waals surface area contributed by atoms with Gasteiger partial charge in [0.05, 0.1) is 0 Å². The van der Waals surface area contributed by atoms with Crippen LogP contribution in [0.5, 0.6) is 0 Å². The summed E-state index contributed by atoms with van der Waals surface area (Å²) in [4.78, 5) is 8.31. The van der Waals surface area contributed by atoms with Gasteiger partial charge in [0.25, 0.3) is 0 Å². The van der Waals surface area contributed by atoms with Gasteiger partial charge in [-0.15, -0.1) is 0 Å². The summed E-state index contributed by atoms with van der Waals surface area (Å²) in [7, 11) is 1.89. The highest BCUT2D eigenvalue weighted by molar-refractivity contribution is 5.38. The summed E-state index contributed by atoms with van der Waals surface area (Å²) in [5.74, 6) is 1.08. The van der Waals surface area contributed by atoms with Gasteiger partial charge in [0, 0.05) is 30.2 Å². The van der Waals surface area contributed by atoms with Gasteiger partial charge in [0.15, 0.2) is 0 Å². The van der Waals surface area contributed by atoms with E-state index < -0.39 is 0 Å². The first-order valence-electron chi connectivity index (χ1n) is 5.34. The SMILES string of the molecule is CNC(C)c1cccnc1-n1ccnc1C#N. The topological polar surface area (TPSA) is 66.5 Å². The fraction of sp³-hybridized carbons (Fsp3) is 0.250. The maximum absolute atomic E-state index is 8.98. The largest absolute Gasteiger partial charge is 0.313 e. The molecule has 0 saturated carbocycles. The summed E-state index contributed by atoms with van der Waals surface area (Å²) in [6, 6.07) is 6.08. The highest BCUT2D eigenvalue weighted by Gasteiger charge is 2.13. The van der Waals surface area contributed by atoms with Crippen molar-refractivity contribution in [2.75, 3.05) is 7.05 Å². The Labute approximate surface area is 99.7 Å². The van der Waals surface area contributed by atoms with Crippen LogP contribution in [-0.4, -0.2) is 21.6 Å². The molecule has 0 aliphatic carbocycles. The van der Waals surface area contributed by atoms with Crippen LogP contribution in [0.2, 0.25) is 0 Å². The zero-order valence-corrected chi connectivity index (χ0v) is 9.75. The number of nitrogens with zero attached hydrogens (tertiary/aromatic N) is 4. The molecule has 0 spiro atoms. The van der Waals surface area contributed by atoms with Crippen molar-refractivity contribution in [1.29, 1.82) is 5.26 Å². The molecular weight excluding hydrogens is 214 g/mol. The minimum Gasteiger partial charge on any atom is -0.313 e. The monoisotopic (exact) mass is 227 g/mol. The molecule has 86 valence electrons. The molecule has 2 heterocycles. The van der Waals surface area contributed by atoms with E-state index in [1.54, 1.807) is 23.2 Å². The smallest absolute Gasteiger partial charge is 0.218 e. The zero-order chi connectivity index (χ0) is 12.3. The average molecular weight is 227 g/mol. The Hall–Kier alpha value is -2.19. The second-order valence-corrected chi connectivity index (χ2v) is 3.66. The van der Waals surface area contributed by atoms with Gasteiger partial charge in [0.2, 0.25) is 5.82 Å². The number of imidazole rings is 1. The summed E-state index contributed by atoms with van der Waals surface area (Å²) >= 11 is 0. The molecule has 0 aliphatic rings. The molecule has 1 N–H and O–H groups in total. The van der Waals surface area contributed by atoms with Crippen molar-refractivity contribution in [1.82, 2.24) is 19.9 Å². The third-order valence-electron chi connectivity index (χ3n) is 2.69. The molecule has 0 aromatic carbocycles. The summed E-state index contributed by atoms with van der Waals surface area (Å²) in [5, 5.41) is 12.1. The summed E-state index contributed by atoms with van der Waals surface area (Å²) in [5.41, 5.74) is 1.03. The maximum Gasteiger partial charge on any atom is 0.218 e. The van der Waals surface area contributed by atoms with E-state index in [2.05, 4.69) is 15.3 Å². The van der Waals surface area contributed by atoms with Gasteiger partial charge in [-0.1, -0.05) is 6.07 Å². The van der Waals surface area contributed by atoms with Crippen LogP contribution >= 0.6 is 0 Å². The summed E-state index contributed by atoms with van der Waals surface area (Å²) < 4.78 is 1.70. The number of hydrogen-bond acceptors (Lipinski definition) is 4. The van der Waals surface area contributed by atoms with Gasteiger partial charge < -0.3 is 5.32 Å². The predicted molar refractivity (Wildman–Crippen MR) is 63.5 cm³/mol. The first-order valence-corrected chi connectivity index (χ1v) is 5.34. The molecule has 0 bridgehead atoms. The van der Waals surface area contributed by atoms with Crippen LogP contribution in [0.4, 0.5) is 0 Å². The molecule has 0 aliphatic heterocycles. The molecule has 5 nitrogen and oxygen atoms in total. The lowest BCUT2D eigenvalue weighted by atomic mass is 10.1. The Kier molecular flexibility index (Phi) is 3.17. The highest BCUT2D eigenvalue weighted by atomic mass is 15.1. The molecule has 0 amide bonds. The van der Waals surface area contributed by atoms with Crippen LogP contribution in [0, 0.1) is 11.3 Å². The fourth-order valence-corrected chi connectivity index (χ4v) is 1.66. The lowest BCUT2D eigenvalue weighted by molar-refractivity contribution is 0.643. The lowest BCUT2D eigenvalue weighted by Crippen LogP contribution is -2.16. The number of pyridine rings is 1. The van der Waals surface area contributed by atoms with Gasteiger partial charge in [-0.2, -0.15) is 5.26 Å². The van der Waals surface area contributed by atoms with E-state index in [1.807, 2.05) is 32.2 Å². The van der Waals surface area contributed by atoms with E-state index in [0.29, 0.717) is 5.82 Å². The Morgan fingerprint density at radius 3 is 2.94 bits per heavy atom. The van der Waals surface area contributed by atoms with Gasteiger partial charge >= 0.3 is 0 Å².